The van der Waals surface area contributed by atoms with Gasteiger partial charge < -0.3 is 14.8 Å². The monoisotopic (exact) mass is 431 g/mol. The summed E-state index contributed by atoms with van der Waals surface area (Å²) in [4.78, 5) is 0. The second-order valence-corrected chi connectivity index (χ2v) is 6.57. The first kappa shape index (κ1) is 20.6. The lowest BCUT2D eigenvalue weighted by Crippen LogP contribution is -2.28. The Labute approximate surface area is 172 Å². The van der Waals surface area contributed by atoms with Crippen molar-refractivity contribution in [1.29, 1.82) is 0 Å². The molecule has 0 saturated heterocycles. The predicted molar refractivity (Wildman–Crippen MR) is 111 cm³/mol. The first-order valence-electron chi connectivity index (χ1n) is 7.40. The van der Waals surface area contributed by atoms with Crippen molar-refractivity contribution in [2.75, 3.05) is 14.2 Å². The molecule has 0 spiro atoms. The van der Waals surface area contributed by atoms with Crippen molar-refractivity contribution in [3.8, 4) is 11.5 Å². The van der Waals surface area contributed by atoms with Crippen LogP contribution in [-0.4, -0.2) is 25.5 Å². The predicted octanol–water partition coefficient (Wildman–Crippen LogP) is 4.66. The van der Waals surface area contributed by atoms with Gasteiger partial charge in [-0.15, -0.1) is 0 Å². The Morgan fingerprint density at radius 2 is 1.88 bits per heavy atom. The van der Waals surface area contributed by atoms with E-state index in [-0.39, 0.29) is 6.61 Å². The molecule has 0 bridgehead atoms. The molecule has 138 valence electrons. The van der Waals surface area contributed by atoms with E-state index in [0.717, 1.165) is 5.56 Å². The van der Waals surface area contributed by atoms with E-state index in [4.69, 9.17) is 56.5 Å². The number of rotatable bonds is 6. The van der Waals surface area contributed by atoms with E-state index in [1.54, 1.807) is 44.6 Å². The molecule has 0 radical (unpaired) electrons. The summed E-state index contributed by atoms with van der Waals surface area (Å²) in [6.45, 7) is 0.153. The van der Waals surface area contributed by atoms with Gasteiger partial charge in [0.2, 0.25) is 0 Å². The molecule has 0 aliphatic heterocycles. The highest BCUT2D eigenvalue weighted by molar-refractivity contribution is 7.80. The Kier molecular flexibility index (Phi) is 7.78. The Morgan fingerprint density at radius 3 is 2.58 bits per heavy atom. The van der Waals surface area contributed by atoms with Gasteiger partial charge in [-0.3, -0.25) is 5.43 Å². The molecule has 0 aliphatic rings. The number of hydrazone groups is 1. The Hall–Kier alpha value is -1.73. The number of methoxy groups -OCH3 is 1. The van der Waals surface area contributed by atoms with Gasteiger partial charge in [0, 0.05) is 17.6 Å². The van der Waals surface area contributed by atoms with Gasteiger partial charge in [0.25, 0.3) is 0 Å². The van der Waals surface area contributed by atoms with Crippen LogP contribution in [0.4, 0.5) is 0 Å². The fourth-order valence-corrected chi connectivity index (χ4v) is 2.67. The normalized spacial score (nSPS) is 10.7. The minimum absolute atomic E-state index is 0.153. The second-order valence-electron chi connectivity index (χ2n) is 4.97. The van der Waals surface area contributed by atoms with Gasteiger partial charge in [-0.2, -0.15) is 5.10 Å². The van der Waals surface area contributed by atoms with Crippen LogP contribution < -0.4 is 20.2 Å². The van der Waals surface area contributed by atoms with E-state index in [1.165, 1.54) is 0 Å². The Bertz CT molecular complexity index is 831. The zero-order valence-corrected chi connectivity index (χ0v) is 17.1. The van der Waals surface area contributed by atoms with Crippen molar-refractivity contribution in [2.24, 2.45) is 5.10 Å². The summed E-state index contributed by atoms with van der Waals surface area (Å²) in [7, 11) is 3.26. The first-order valence-corrected chi connectivity index (χ1v) is 8.94. The van der Waals surface area contributed by atoms with Crippen LogP contribution in [0.1, 0.15) is 11.1 Å². The third kappa shape index (κ3) is 5.38. The molecule has 0 amide bonds. The molecule has 2 N–H and O–H groups in total. The van der Waals surface area contributed by atoms with E-state index >= 15 is 0 Å². The molecule has 0 fully saturated rings. The molecular formula is C17H16Cl3N3O2S. The standard InChI is InChI=1S/C17H16Cl3N3O2S/c1-21-17(26)23-22-8-10-3-6-14(15(7-10)24-2)25-9-11-12(18)4-5-13(19)16(11)20/h3-8H,9H2,1-2H3,(H2,21,23,26)/b22-8-. The van der Waals surface area contributed by atoms with Crippen LogP contribution >= 0.6 is 47.0 Å². The van der Waals surface area contributed by atoms with Gasteiger partial charge in [0.05, 0.1) is 23.4 Å². The zero-order valence-electron chi connectivity index (χ0n) is 14.0. The van der Waals surface area contributed by atoms with E-state index in [2.05, 4.69) is 15.8 Å². The fourth-order valence-electron chi connectivity index (χ4n) is 1.96. The number of benzene rings is 2. The molecule has 5 nitrogen and oxygen atoms in total. The fraction of sp³-hybridized carbons (Fsp3) is 0.176. The second kappa shape index (κ2) is 9.83. The summed E-state index contributed by atoms with van der Waals surface area (Å²) >= 11 is 23.3. The van der Waals surface area contributed by atoms with E-state index in [0.29, 0.717) is 37.2 Å². The molecule has 2 aromatic rings. The molecular weight excluding hydrogens is 417 g/mol. The number of thiocarbonyl (C=S) groups is 1. The van der Waals surface area contributed by atoms with Crippen molar-refractivity contribution in [3.05, 3.63) is 56.5 Å². The van der Waals surface area contributed by atoms with Crippen LogP contribution in [-0.2, 0) is 6.61 Å². The topological polar surface area (TPSA) is 54.9 Å². The van der Waals surface area contributed by atoms with Crippen LogP contribution in [0.3, 0.4) is 0 Å². The number of halogens is 3. The van der Waals surface area contributed by atoms with Gasteiger partial charge in [-0.05, 0) is 48.1 Å². The van der Waals surface area contributed by atoms with Crippen LogP contribution in [0.15, 0.2) is 35.4 Å². The highest BCUT2D eigenvalue weighted by Gasteiger charge is 2.12. The number of hydrogen-bond acceptors (Lipinski definition) is 4. The van der Waals surface area contributed by atoms with Crippen LogP contribution in [0.25, 0.3) is 0 Å². The molecule has 0 atom stereocenters. The molecule has 9 heteroatoms. The molecule has 2 aromatic carbocycles. The summed E-state index contributed by atoms with van der Waals surface area (Å²) in [5.74, 6) is 1.08. The van der Waals surface area contributed by atoms with Gasteiger partial charge in [-0.25, -0.2) is 0 Å². The molecule has 0 aliphatic carbocycles. The highest BCUT2D eigenvalue weighted by atomic mass is 35.5. The molecule has 0 saturated carbocycles. The average Bonchev–Trinajstić information content (AvgIpc) is 2.65. The maximum atomic E-state index is 6.19. The van der Waals surface area contributed by atoms with Gasteiger partial charge in [0.1, 0.15) is 6.61 Å². The summed E-state index contributed by atoms with van der Waals surface area (Å²) in [6.07, 6.45) is 1.61. The number of hydrogen-bond donors (Lipinski definition) is 2. The van der Waals surface area contributed by atoms with E-state index in [9.17, 15) is 0 Å². The third-order valence-corrected chi connectivity index (χ3v) is 4.80. The molecule has 0 unspecified atom stereocenters. The summed E-state index contributed by atoms with van der Waals surface area (Å²) in [5.41, 5.74) is 4.09. The zero-order chi connectivity index (χ0) is 19.1. The minimum Gasteiger partial charge on any atom is -0.493 e. The molecule has 2 rings (SSSR count). The lowest BCUT2D eigenvalue weighted by Gasteiger charge is -2.13. The van der Waals surface area contributed by atoms with Crippen molar-refractivity contribution < 1.29 is 9.47 Å². The number of ether oxygens (including phenoxy) is 2. The summed E-state index contributed by atoms with van der Waals surface area (Å²) in [5, 5.41) is 8.46. The van der Waals surface area contributed by atoms with Crippen LogP contribution in [0, 0.1) is 0 Å². The lowest BCUT2D eigenvalue weighted by atomic mass is 10.2. The van der Waals surface area contributed by atoms with Gasteiger partial charge in [0.15, 0.2) is 16.6 Å². The third-order valence-electron chi connectivity index (χ3n) is 3.31. The Morgan fingerprint density at radius 1 is 1.15 bits per heavy atom. The molecule has 0 aromatic heterocycles. The van der Waals surface area contributed by atoms with Crippen molar-refractivity contribution >= 4 is 58.3 Å². The van der Waals surface area contributed by atoms with Gasteiger partial charge >= 0.3 is 0 Å². The van der Waals surface area contributed by atoms with Gasteiger partial charge in [-0.1, -0.05) is 34.8 Å². The van der Waals surface area contributed by atoms with Crippen molar-refractivity contribution in [2.45, 2.75) is 6.61 Å². The largest absolute Gasteiger partial charge is 0.493 e. The smallest absolute Gasteiger partial charge is 0.186 e. The number of nitrogens with one attached hydrogen (secondary N) is 2. The highest BCUT2D eigenvalue weighted by Crippen LogP contribution is 2.34. The molecule has 26 heavy (non-hydrogen) atoms. The quantitative estimate of drug-likeness (QED) is 0.301. The first-order chi connectivity index (χ1) is 12.5. The van der Waals surface area contributed by atoms with Crippen LogP contribution in [0.2, 0.25) is 15.1 Å². The van der Waals surface area contributed by atoms with E-state index < -0.39 is 0 Å². The molecule has 0 heterocycles. The SMILES string of the molecule is CNC(=S)N/N=C\c1ccc(OCc2c(Cl)ccc(Cl)c2Cl)c(OC)c1. The minimum atomic E-state index is 0.153. The number of nitrogens with zero attached hydrogens (tertiary/aromatic N) is 1. The van der Waals surface area contributed by atoms with Crippen molar-refractivity contribution in [1.82, 2.24) is 10.7 Å². The van der Waals surface area contributed by atoms with E-state index in [1.807, 2.05) is 6.07 Å². The average molecular weight is 433 g/mol. The maximum Gasteiger partial charge on any atom is 0.186 e. The lowest BCUT2D eigenvalue weighted by molar-refractivity contribution is 0.284. The summed E-state index contributed by atoms with van der Waals surface area (Å²) < 4.78 is 11.2. The van der Waals surface area contributed by atoms with Crippen LogP contribution in [0.5, 0.6) is 11.5 Å². The Balaban J connectivity index is 2.13. The van der Waals surface area contributed by atoms with Crippen molar-refractivity contribution in [3.63, 3.8) is 0 Å². The summed E-state index contributed by atoms with van der Waals surface area (Å²) in [6, 6.07) is 8.69. The maximum absolute atomic E-state index is 6.19.